The highest BCUT2D eigenvalue weighted by Crippen LogP contribution is 2.16. The summed E-state index contributed by atoms with van der Waals surface area (Å²) in [4.78, 5) is 28.5. The fraction of sp³-hybridized carbons (Fsp3) is 0.933. The number of carbonyl (C=O) groups excluding carboxylic acids is 1. The third-order valence-corrected chi connectivity index (χ3v) is 4.50. The maximum Gasteiger partial charge on any atom is 0.169 e. The maximum atomic E-state index is 13.0. The molecule has 2 rings (SSSR count). The lowest BCUT2D eigenvalue weighted by Crippen LogP contribution is -2.62. The second kappa shape index (κ2) is 8.33. The third kappa shape index (κ3) is 4.24. The average molecular weight is 314 g/mol. The van der Waals surface area contributed by atoms with Crippen LogP contribution in [0.15, 0.2) is 0 Å². The smallest absolute Gasteiger partial charge is 0.169 e. The van der Waals surface area contributed by atoms with Crippen molar-refractivity contribution in [3.05, 3.63) is 0 Å². The molecule has 0 bridgehead atoms. The van der Waals surface area contributed by atoms with Crippen LogP contribution in [0.1, 0.15) is 13.8 Å². The first-order valence-corrected chi connectivity index (χ1v) is 8.26. The minimum Gasteiger partial charge on any atom is -0.299 e. The van der Waals surface area contributed by atoms with Crippen molar-refractivity contribution in [3.8, 4) is 0 Å². The van der Waals surface area contributed by atoms with Gasteiger partial charge in [-0.1, -0.05) is 0 Å². The SMILES string of the molecule is CCON1CCN(C)C(C(=O)C2CN(OCC)CCN2C)C1. The first kappa shape index (κ1) is 17.8. The Bertz CT molecular complexity index is 337. The molecule has 2 heterocycles. The third-order valence-electron chi connectivity index (χ3n) is 4.50. The topological polar surface area (TPSA) is 48.5 Å². The van der Waals surface area contributed by atoms with Crippen molar-refractivity contribution in [1.29, 1.82) is 0 Å². The zero-order valence-corrected chi connectivity index (χ0v) is 14.3. The largest absolute Gasteiger partial charge is 0.299 e. The van der Waals surface area contributed by atoms with E-state index in [-0.39, 0.29) is 17.9 Å². The van der Waals surface area contributed by atoms with Gasteiger partial charge in [0.25, 0.3) is 0 Å². The minimum atomic E-state index is -0.116. The molecule has 7 heteroatoms. The number of piperazine rings is 2. The number of hydrogen-bond acceptors (Lipinski definition) is 7. The average Bonchev–Trinajstić information content (AvgIpc) is 2.51. The van der Waals surface area contributed by atoms with Crippen molar-refractivity contribution in [2.24, 2.45) is 0 Å². The number of hydrogen-bond donors (Lipinski definition) is 0. The summed E-state index contributed by atoms with van der Waals surface area (Å²) in [5, 5.41) is 3.84. The van der Waals surface area contributed by atoms with Crippen LogP contribution >= 0.6 is 0 Å². The summed E-state index contributed by atoms with van der Waals surface area (Å²) < 4.78 is 0. The second-order valence-corrected chi connectivity index (χ2v) is 6.01. The van der Waals surface area contributed by atoms with Crippen LogP contribution in [0.5, 0.6) is 0 Å². The lowest BCUT2D eigenvalue weighted by molar-refractivity contribution is -0.195. The van der Waals surface area contributed by atoms with Gasteiger partial charge in [-0.25, -0.2) is 0 Å². The summed E-state index contributed by atoms with van der Waals surface area (Å²) >= 11 is 0. The first-order valence-electron chi connectivity index (χ1n) is 8.26. The molecule has 0 N–H and O–H groups in total. The molecule has 128 valence electrons. The van der Waals surface area contributed by atoms with E-state index in [1.54, 1.807) is 0 Å². The number of ketones is 1. The Morgan fingerprint density at radius 2 is 1.27 bits per heavy atom. The van der Waals surface area contributed by atoms with Crippen molar-refractivity contribution in [1.82, 2.24) is 19.9 Å². The highest BCUT2D eigenvalue weighted by molar-refractivity contribution is 5.89. The Labute approximate surface area is 133 Å². The molecule has 0 amide bonds. The van der Waals surface area contributed by atoms with Gasteiger partial charge in [0.1, 0.15) is 0 Å². The number of rotatable bonds is 6. The number of nitrogens with zero attached hydrogens (tertiary/aromatic N) is 4. The van der Waals surface area contributed by atoms with Crippen molar-refractivity contribution in [2.45, 2.75) is 25.9 Å². The molecule has 2 aliphatic heterocycles. The zero-order valence-electron chi connectivity index (χ0n) is 14.3. The van der Waals surface area contributed by atoms with Gasteiger partial charge in [-0.05, 0) is 27.9 Å². The van der Waals surface area contributed by atoms with Crippen molar-refractivity contribution in [2.75, 3.05) is 66.6 Å². The first-order chi connectivity index (χ1) is 10.6. The van der Waals surface area contributed by atoms with E-state index in [9.17, 15) is 4.79 Å². The van der Waals surface area contributed by atoms with E-state index >= 15 is 0 Å². The van der Waals surface area contributed by atoms with Crippen LogP contribution in [-0.2, 0) is 14.5 Å². The van der Waals surface area contributed by atoms with Gasteiger partial charge < -0.3 is 0 Å². The highest BCUT2D eigenvalue weighted by Gasteiger charge is 2.38. The van der Waals surface area contributed by atoms with Crippen LogP contribution in [0.3, 0.4) is 0 Å². The number of Topliss-reactive ketones (excluding diaryl/α,β-unsaturated/α-hetero) is 1. The number of carbonyl (C=O) groups is 1. The molecule has 22 heavy (non-hydrogen) atoms. The quantitative estimate of drug-likeness (QED) is 0.666. The van der Waals surface area contributed by atoms with Crippen molar-refractivity contribution >= 4 is 5.78 Å². The fourth-order valence-electron chi connectivity index (χ4n) is 3.13. The monoisotopic (exact) mass is 314 g/mol. The molecule has 0 radical (unpaired) electrons. The van der Waals surface area contributed by atoms with Gasteiger partial charge in [-0.15, -0.1) is 0 Å². The van der Waals surface area contributed by atoms with Crippen LogP contribution < -0.4 is 0 Å². The molecule has 0 spiro atoms. The fourth-order valence-corrected chi connectivity index (χ4v) is 3.13. The molecular weight excluding hydrogens is 284 g/mol. The molecule has 0 aliphatic carbocycles. The molecule has 2 fully saturated rings. The summed E-state index contributed by atoms with van der Waals surface area (Å²) in [6, 6.07) is -0.233. The van der Waals surface area contributed by atoms with Crippen molar-refractivity contribution < 1.29 is 14.5 Å². The van der Waals surface area contributed by atoms with E-state index in [2.05, 4.69) is 9.80 Å². The second-order valence-electron chi connectivity index (χ2n) is 6.01. The zero-order chi connectivity index (χ0) is 16.1. The van der Waals surface area contributed by atoms with Crippen LogP contribution in [0.25, 0.3) is 0 Å². The van der Waals surface area contributed by atoms with Gasteiger partial charge in [-0.2, -0.15) is 10.1 Å². The van der Waals surface area contributed by atoms with Gasteiger partial charge in [0, 0.05) is 39.3 Å². The van der Waals surface area contributed by atoms with E-state index in [4.69, 9.17) is 9.68 Å². The molecule has 0 aromatic carbocycles. The summed E-state index contributed by atoms with van der Waals surface area (Å²) in [5.74, 6) is 0.263. The summed E-state index contributed by atoms with van der Waals surface area (Å²) in [7, 11) is 4.05. The Hall–Kier alpha value is -0.570. The minimum absolute atomic E-state index is 0.116. The predicted octanol–water partition coefficient (Wildman–Crippen LogP) is -0.309. The standard InChI is InChI=1S/C15H30N4O3/c1-5-21-18-9-7-16(3)13(11-18)15(20)14-12-19(22-6-2)10-8-17(14)4/h13-14H,5-12H2,1-4H3. The van der Waals surface area contributed by atoms with Crippen LogP contribution in [0.4, 0.5) is 0 Å². The van der Waals surface area contributed by atoms with Gasteiger partial charge >= 0.3 is 0 Å². The Kier molecular flexibility index (Phi) is 6.73. The number of hydroxylamine groups is 4. The van der Waals surface area contributed by atoms with Gasteiger partial charge in [0.15, 0.2) is 5.78 Å². The molecule has 2 aliphatic rings. The lowest BCUT2D eigenvalue weighted by Gasteiger charge is -2.43. The Morgan fingerprint density at radius 1 is 0.864 bits per heavy atom. The normalized spacial score (nSPS) is 29.8. The summed E-state index contributed by atoms with van der Waals surface area (Å²) in [6.45, 7) is 9.92. The van der Waals surface area contributed by atoms with Crippen LogP contribution in [-0.4, -0.2) is 104 Å². The maximum absolute atomic E-state index is 13.0. The van der Waals surface area contributed by atoms with Gasteiger partial charge in [0.2, 0.25) is 0 Å². The molecule has 2 unspecified atom stereocenters. The molecule has 0 saturated carbocycles. The van der Waals surface area contributed by atoms with E-state index in [1.807, 2.05) is 38.1 Å². The van der Waals surface area contributed by atoms with Crippen LogP contribution in [0, 0.1) is 0 Å². The van der Waals surface area contributed by atoms with Crippen LogP contribution in [0.2, 0.25) is 0 Å². The molecule has 0 aromatic rings. The van der Waals surface area contributed by atoms with E-state index < -0.39 is 0 Å². The van der Waals surface area contributed by atoms with E-state index in [0.29, 0.717) is 26.3 Å². The highest BCUT2D eigenvalue weighted by atomic mass is 16.7. The summed E-state index contributed by atoms with van der Waals surface area (Å²) in [6.07, 6.45) is 0. The molecule has 0 aromatic heterocycles. The molecule has 2 saturated heterocycles. The van der Waals surface area contributed by atoms with E-state index in [0.717, 1.165) is 26.2 Å². The predicted molar refractivity (Wildman–Crippen MR) is 84.2 cm³/mol. The Morgan fingerprint density at radius 3 is 1.64 bits per heavy atom. The molecule has 2 atom stereocenters. The van der Waals surface area contributed by atoms with Crippen molar-refractivity contribution in [3.63, 3.8) is 0 Å². The number of likely N-dealkylation sites (N-methyl/N-ethyl adjacent to an activating group) is 2. The van der Waals surface area contributed by atoms with Gasteiger partial charge in [0.05, 0.1) is 25.3 Å². The molecule has 7 nitrogen and oxygen atoms in total. The molecular formula is C15H30N4O3. The lowest BCUT2D eigenvalue weighted by atomic mass is 9.99. The van der Waals surface area contributed by atoms with E-state index in [1.165, 1.54) is 0 Å². The Balaban J connectivity index is 2.00. The summed E-state index contributed by atoms with van der Waals surface area (Å²) in [5.41, 5.74) is 0. The van der Waals surface area contributed by atoms with Gasteiger partial charge in [-0.3, -0.25) is 24.3 Å².